The number of ether oxygens (including phenoxy) is 1. The summed E-state index contributed by atoms with van der Waals surface area (Å²) >= 11 is 3.18. The predicted molar refractivity (Wildman–Crippen MR) is 88.2 cm³/mol. The number of thioether (sulfide) groups is 1. The largest absolute Gasteiger partial charge is 0.462 e. The number of nitrogens with two attached hydrogens (primary N) is 1. The molecule has 2 N–H and O–H groups in total. The van der Waals surface area contributed by atoms with E-state index in [0.717, 1.165) is 23.8 Å². The Morgan fingerprint density at radius 1 is 1.57 bits per heavy atom. The molecular weight excluding hydrogens is 306 g/mol. The molecule has 1 fully saturated rings. The molecule has 0 bridgehead atoms. The zero-order chi connectivity index (χ0) is 15.6. The second kappa shape index (κ2) is 6.16. The highest BCUT2D eigenvalue weighted by molar-refractivity contribution is 8.00. The minimum atomic E-state index is -0.451. The van der Waals surface area contributed by atoms with Gasteiger partial charge in [0.1, 0.15) is 21.5 Å². The van der Waals surface area contributed by atoms with Crippen LogP contribution in [0.1, 0.15) is 36.0 Å². The van der Waals surface area contributed by atoms with Gasteiger partial charge in [0.25, 0.3) is 0 Å². The highest BCUT2D eigenvalue weighted by atomic mass is 32.2. The Kier molecular flexibility index (Phi) is 4.69. The molecule has 0 amide bonds. The van der Waals surface area contributed by atoms with Gasteiger partial charge in [-0.05, 0) is 20.8 Å². The molecule has 114 valence electrons. The van der Waals surface area contributed by atoms with E-state index in [2.05, 4.69) is 24.8 Å². The van der Waals surface area contributed by atoms with Crippen LogP contribution in [0, 0.1) is 11.3 Å². The van der Waals surface area contributed by atoms with E-state index in [1.165, 1.54) is 11.3 Å². The van der Waals surface area contributed by atoms with Gasteiger partial charge in [-0.2, -0.15) is 17.0 Å². The molecular formula is C14H19N3O2S2. The molecule has 0 unspecified atom stereocenters. The molecule has 21 heavy (non-hydrogen) atoms. The maximum Gasteiger partial charge on any atom is 0.350 e. The van der Waals surface area contributed by atoms with Gasteiger partial charge in [0.15, 0.2) is 0 Å². The smallest absolute Gasteiger partial charge is 0.350 e. The number of hydrogen-bond acceptors (Lipinski definition) is 7. The molecule has 0 spiro atoms. The molecule has 0 aliphatic carbocycles. The van der Waals surface area contributed by atoms with Crippen LogP contribution in [0.4, 0.5) is 10.7 Å². The van der Waals surface area contributed by atoms with E-state index < -0.39 is 5.97 Å². The van der Waals surface area contributed by atoms with Crippen LogP contribution in [-0.4, -0.2) is 36.2 Å². The van der Waals surface area contributed by atoms with Crippen LogP contribution >= 0.6 is 23.1 Å². The van der Waals surface area contributed by atoms with E-state index in [1.54, 1.807) is 6.92 Å². The summed E-state index contributed by atoms with van der Waals surface area (Å²) < 4.78 is 5.13. The zero-order valence-corrected chi connectivity index (χ0v) is 14.1. The van der Waals surface area contributed by atoms with Crippen molar-refractivity contribution in [1.29, 1.82) is 5.26 Å². The molecule has 2 heterocycles. The monoisotopic (exact) mass is 325 g/mol. The summed E-state index contributed by atoms with van der Waals surface area (Å²) in [4.78, 5) is 14.4. The number of carbonyl (C=O) groups excluding carboxylic acids is 1. The first-order valence-corrected chi connectivity index (χ1v) is 8.58. The summed E-state index contributed by atoms with van der Waals surface area (Å²) in [6.45, 7) is 8.08. The molecule has 2 rings (SSSR count). The number of hydrogen-bond donors (Lipinski definition) is 1. The molecule has 1 aliphatic heterocycles. The van der Waals surface area contributed by atoms with E-state index in [-0.39, 0.29) is 10.4 Å². The first kappa shape index (κ1) is 16.0. The molecule has 0 atom stereocenters. The van der Waals surface area contributed by atoms with Crippen LogP contribution in [-0.2, 0) is 4.74 Å². The Morgan fingerprint density at radius 2 is 2.29 bits per heavy atom. The van der Waals surface area contributed by atoms with Gasteiger partial charge in [-0.3, -0.25) is 0 Å². The number of thiophene rings is 1. The van der Waals surface area contributed by atoms with Crippen LogP contribution in [0.15, 0.2) is 0 Å². The second-order valence-electron chi connectivity index (χ2n) is 5.39. The van der Waals surface area contributed by atoms with Gasteiger partial charge in [-0.1, -0.05) is 0 Å². The Balaban J connectivity index is 2.38. The maximum absolute atomic E-state index is 11.9. The first-order valence-electron chi connectivity index (χ1n) is 6.78. The van der Waals surface area contributed by atoms with Crippen molar-refractivity contribution < 1.29 is 9.53 Å². The fourth-order valence-corrected chi connectivity index (χ4v) is 4.50. The topological polar surface area (TPSA) is 79.3 Å². The summed E-state index contributed by atoms with van der Waals surface area (Å²) in [5, 5.41) is 10.2. The highest BCUT2D eigenvalue weighted by Crippen LogP contribution is 2.41. The lowest BCUT2D eigenvalue weighted by Gasteiger charge is -2.38. The van der Waals surface area contributed by atoms with Gasteiger partial charge < -0.3 is 15.4 Å². The van der Waals surface area contributed by atoms with Gasteiger partial charge in [0, 0.05) is 23.6 Å². The standard InChI is InChI=1S/C14H19N3O2S2/c1-4-19-13(18)11-10(16)9(7-15)12(21-11)17-5-6-20-14(2,3)8-17/h4-6,8,16H2,1-3H3. The van der Waals surface area contributed by atoms with Crippen molar-refractivity contribution in [2.45, 2.75) is 25.5 Å². The van der Waals surface area contributed by atoms with Gasteiger partial charge >= 0.3 is 5.97 Å². The van der Waals surface area contributed by atoms with Crippen LogP contribution < -0.4 is 10.6 Å². The Labute approximate surface area is 133 Å². The predicted octanol–water partition coefficient (Wildman–Crippen LogP) is 2.71. The van der Waals surface area contributed by atoms with Gasteiger partial charge in [-0.15, -0.1) is 11.3 Å². The third-order valence-electron chi connectivity index (χ3n) is 3.21. The summed E-state index contributed by atoms with van der Waals surface area (Å²) in [7, 11) is 0. The molecule has 0 saturated carbocycles. The van der Waals surface area contributed by atoms with E-state index in [1.807, 2.05) is 11.8 Å². The van der Waals surface area contributed by atoms with Crippen LogP contribution in [0.5, 0.6) is 0 Å². The van der Waals surface area contributed by atoms with E-state index in [0.29, 0.717) is 17.0 Å². The lowest BCUT2D eigenvalue weighted by Crippen LogP contribution is -2.43. The molecule has 1 saturated heterocycles. The number of carbonyl (C=O) groups is 1. The summed E-state index contributed by atoms with van der Waals surface area (Å²) in [5.41, 5.74) is 6.61. The molecule has 0 radical (unpaired) electrons. The molecule has 1 aromatic rings. The van der Waals surface area contributed by atoms with E-state index in [4.69, 9.17) is 10.5 Å². The fourth-order valence-electron chi connectivity index (χ4n) is 2.30. The van der Waals surface area contributed by atoms with Crippen molar-refractivity contribution in [1.82, 2.24) is 0 Å². The number of rotatable bonds is 3. The fraction of sp³-hybridized carbons (Fsp3) is 0.571. The van der Waals surface area contributed by atoms with E-state index >= 15 is 0 Å². The van der Waals surface area contributed by atoms with E-state index in [9.17, 15) is 10.1 Å². The van der Waals surface area contributed by atoms with Crippen molar-refractivity contribution in [3.8, 4) is 6.07 Å². The van der Waals surface area contributed by atoms with Crippen molar-refractivity contribution in [2.24, 2.45) is 0 Å². The summed E-state index contributed by atoms with van der Waals surface area (Å²) in [6, 6.07) is 2.14. The number of anilines is 2. The van der Waals surface area contributed by atoms with Crippen LogP contribution in [0.3, 0.4) is 0 Å². The lowest BCUT2D eigenvalue weighted by molar-refractivity contribution is 0.0533. The lowest BCUT2D eigenvalue weighted by atomic mass is 10.1. The summed E-state index contributed by atoms with van der Waals surface area (Å²) in [5.74, 6) is 0.540. The second-order valence-corrected chi connectivity index (χ2v) is 8.19. The molecule has 1 aromatic heterocycles. The number of nitrogens with zero attached hydrogens (tertiary/aromatic N) is 2. The Morgan fingerprint density at radius 3 is 2.86 bits per heavy atom. The highest BCUT2D eigenvalue weighted by Gasteiger charge is 2.31. The molecule has 0 aromatic carbocycles. The average molecular weight is 325 g/mol. The number of nitriles is 1. The Hall–Kier alpha value is -1.39. The van der Waals surface area contributed by atoms with Crippen molar-refractivity contribution in [3.63, 3.8) is 0 Å². The molecule has 5 nitrogen and oxygen atoms in total. The van der Waals surface area contributed by atoms with Crippen LogP contribution in [0.25, 0.3) is 0 Å². The first-order chi connectivity index (χ1) is 9.89. The van der Waals surface area contributed by atoms with Gasteiger partial charge in [-0.25, -0.2) is 4.79 Å². The molecule has 7 heteroatoms. The summed E-state index contributed by atoms with van der Waals surface area (Å²) in [6.07, 6.45) is 0. The molecule has 1 aliphatic rings. The minimum Gasteiger partial charge on any atom is -0.462 e. The van der Waals surface area contributed by atoms with Crippen LogP contribution in [0.2, 0.25) is 0 Å². The SMILES string of the molecule is CCOC(=O)c1sc(N2CCSC(C)(C)C2)c(C#N)c1N. The van der Waals surface area contributed by atoms with Crippen molar-refractivity contribution in [3.05, 3.63) is 10.4 Å². The average Bonchev–Trinajstić information content (AvgIpc) is 2.75. The quantitative estimate of drug-likeness (QED) is 0.861. The van der Waals surface area contributed by atoms with Crippen molar-refractivity contribution in [2.75, 3.05) is 36.1 Å². The third-order valence-corrected chi connectivity index (χ3v) is 5.76. The zero-order valence-electron chi connectivity index (χ0n) is 12.4. The number of esters is 1. The normalized spacial score (nSPS) is 17.3. The van der Waals surface area contributed by atoms with Gasteiger partial charge in [0.05, 0.1) is 12.3 Å². The minimum absolute atomic E-state index is 0.119. The van der Waals surface area contributed by atoms with Crippen molar-refractivity contribution >= 4 is 39.8 Å². The Bertz CT molecular complexity index is 590. The van der Waals surface area contributed by atoms with Gasteiger partial charge in [0.2, 0.25) is 0 Å². The maximum atomic E-state index is 11.9. The third kappa shape index (κ3) is 3.27. The number of nitrogen functional groups attached to an aromatic ring is 1.